The molecule has 0 saturated heterocycles. The molecule has 1 rings (SSSR count). The molecule has 0 bridgehead atoms. The molecule has 3 N–H and O–H groups in total. The predicted octanol–water partition coefficient (Wildman–Crippen LogP) is 3.49. The number of ketones is 1. The molecule has 1 aromatic rings. The molecular weight excluding hydrogens is 338 g/mol. The van der Waals surface area contributed by atoms with E-state index < -0.39 is 5.54 Å². The van der Waals surface area contributed by atoms with Crippen molar-refractivity contribution < 1.29 is 4.79 Å². The molecule has 0 radical (unpaired) electrons. The minimum atomic E-state index is -0.505. The predicted molar refractivity (Wildman–Crippen MR) is 114 cm³/mol. The molecule has 0 aliphatic heterocycles. The van der Waals surface area contributed by atoms with Crippen LogP contribution in [0.2, 0.25) is 0 Å². The number of aliphatic imine (C=N–C) groups is 2. The van der Waals surface area contributed by atoms with Gasteiger partial charge in [-0.05, 0) is 19.4 Å². The summed E-state index contributed by atoms with van der Waals surface area (Å²) in [5, 5.41) is 3.02. The number of Topliss-reactive ketones (excluding diaryl/α,β-unsaturated/α-hetero) is 1. The maximum Gasteiger partial charge on any atom is 0.170 e. The van der Waals surface area contributed by atoms with Crippen molar-refractivity contribution in [2.45, 2.75) is 52.0 Å². The monoisotopic (exact) mass is 369 g/mol. The maximum absolute atomic E-state index is 11.2. The minimum absolute atomic E-state index is 0.0813. The Hall–Kier alpha value is -2.76. The highest BCUT2D eigenvalue weighted by Crippen LogP contribution is 2.22. The Balaban J connectivity index is 3.33. The van der Waals surface area contributed by atoms with Crippen molar-refractivity contribution in [2.75, 3.05) is 6.54 Å². The molecule has 0 aliphatic rings. The zero-order chi connectivity index (χ0) is 20.3. The van der Waals surface area contributed by atoms with Crippen molar-refractivity contribution in [3.8, 4) is 0 Å². The molecule has 6 nitrogen and oxygen atoms in total. The molecule has 0 spiro atoms. The second kappa shape index (κ2) is 11.1. The summed E-state index contributed by atoms with van der Waals surface area (Å²) in [5.74, 6) is 0.717. The van der Waals surface area contributed by atoms with Crippen LogP contribution < -0.4 is 11.1 Å². The highest BCUT2D eigenvalue weighted by atomic mass is 16.1. The van der Waals surface area contributed by atoms with E-state index >= 15 is 0 Å². The molecule has 0 aromatic carbocycles. The van der Waals surface area contributed by atoms with Crippen LogP contribution in [-0.4, -0.2) is 34.9 Å². The summed E-state index contributed by atoms with van der Waals surface area (Å²) in [6.45, 7) is 13.6. The quantitative estimate of drug-likeness (QED) is 0.355. The van der Waals surface area contributed by atoms with Crippen LogP contribution in [-0.2, 0) is 4.79 Å². The number of nitrogens with two attached hydrogens (primary N) is 1. The Labute approximate surface area is 162 Å². The first-order valence-electron chi connectivity index (χ1n) is 9.20. The first-order valence-corrected chi connectivity index (χ1v) is 9.20. The fourth-order valence-corrected chi connectivity index (χ4v) is 2.64. The molecule has 6 heteroatoms. The first-order chi connectivity index (χ1) is 12.8. The van der Waals surface area contributed by atoms with Crippen molar-refractivity contribution in [1.82, 2.24) is 10.3 Å². The third kappa shape index (κ3) is 7.98. The molecule has 27 heavy (non-hydrogen) atoms. The van der Waals surface area contributed by atoms with E-state index in [9.17, 15) is 4.79 Å². The average Bonchev–Trinajstić information content (AvgIpc) is 2.60. The summed E-state index contributed by atoms with van der Waals surface area (Å²) in [5.41, 5.74) is 6.77. The number of pyridine rings is 1. The van der Waals surface area contributed by atoms with Gasteiger partial charge in [0.1, 0.15) is 5.69 Å². The number of amidine groups is 1. The zero-order valence-corrected chi connectivity index (χ0v) is 16.7. The number of nitrogens with zero attached hydrogens (tertiary/aromatic N) is 3. The number of hydrogen-bond donors (Lipinski definition) is 2. The third-order valence-corrected chi connectivity index (χ3v) is 3.97. The lowest BCUT2D eigenvalue weighted by Gasteiger charge is -2.25. The average molecular weight is 370 g/mol. The van der Waals surface area contributed by atoms with E-state index in [0.717, 1.165) is 31.2 Å². The van der Waals surface area contributed by atoms with Gasteiger partial charge in [-0.2, -0.15) is 0 Å². The second-order valence-corrected chi connectivity index (χ2v) is 6.79. The Morgan fingerprint density at radius 3 is 2.78 bits per heavy atom. The highest BCUT2D eigenvalue weighted by molar-refractivity contribution is 6.26. The minimum Gasteiger partial charge on any atom is -0.386 e. The molecule has 1 atom stereocenters. The van der Waals surface area contributed by atoms with Gasteiger partial charge >= 0.3 is 0 Å². The molecule has 0 saturated carbocycles. The lowest BCUT2D eigenvalue weighted by Crippen LogP contribution is -2.35. The van der Waals surface area contributed by atoms with Gasteiger partial charge in [0, 0.05) is 18.7 Å². The first kappa shape index (κ1) is 22.3. The Morgan fingerprint density at radius 1 is 1.44 bits per heavy atom. The van der Waals surface area contributed by atoms with Gasteiger partial charge in [0.05, 0.1) is 24.1 Å². The lowest BCUT2D eigenvalue weighted by molar-refractivity contribution is -0.110. The number of carbonyl (C=O) groups is 1. The van der Waals surface area contributed by atoms with Crippen molar-refractivity contribution in [2.24, 2.45) is 15.7 Å². The standard InChI is InChI=1S/C21H31N5O/c1-6-8-9-12-21(5,15-23-14-16(3)27)26-20(25-17(4)22)19-18(7-2)11-10-13-24-19/h7,10-11,13-14H,2,4,6,8-9,12,15,22H2,1,3,5H3,(H,25,26)/t21-/m0/s1. The summed E-state index contributed by atoms with van der Waals surface area (Å²) < 4.78 is 0. The molecule has 0 unspecified atom stereocenters. The number of unbranched alkanes of at least 4 members (excludes halogenated alkanes) is 2. The molecule has 0 fully saturated rings. The fraction of sp³-hybridized carbons (Fsp3) is 0.429. The summed E-state index contributed by atoms with van der Waals surface area (Å²) in [6.07, 6.45) is 8.83. The number of carbonyl (C=O) groups excluding carboxylic acids is 1. The number of rotatable bonds is 11. The van der Waals surface area contributed by atoms with Gasteiger partial charge in [-0.15, -0.1) is 0 Å². The van der Waals surface area contributed by atoms with Gasteiger partial charge in [0.15, 0.2) is 11.6 Å². The van der Waals surface area contributed by atoms with Gasteiger partial charge < -0.3 is 11.1 Å². The van der Waals surface area contributed by atoms with E-state index in [1.54, 1.807) is 12.3 Å². The Kier molecular flexibility index (Phi) is 9.13. The molecular formula is C21H31N5O. The van der Waals surface area contributed by atoms with E-state index in [2.05, 4.69) is 35.4 Å². The smallest absolute Gasteiger partial charge is 0.170 e. The molecule has 146 valence electrons. The number of aromatic nitrogens is 1. The van der Waals surface area contributed by atoms with Gasteiger partial charge in [-0.25, -0.2) is 0 Å². The van der Waals surface area contributed by atoms with E-state index in [1.165, 1.54) is 13.1 Å². The molecule has 1 aromatic heterocycles. The third-order valence-electron chi connectivity index (χ3n) is 3.97. The van der Waals surface area contributed by atoms with Crippen molar-refractivity contribution in [3.63, 3.8) is 0 Å². The van der Waals surface area contributed by atoms with Crippen LogP contribution in [0.4, 0.5) is 0 Å². The zero-order valence-electron chi connectivity index (χ0n) is 16.7. The SMILES string of the molecule is C=Cc1cccnc1C(=N[C@@](C)(CCCCC)CN=CC(C)=O)NC(=C)N. The van der Waals surface area contributed by atoms with Crippen LogP contribution in [0.25, 0.3) is 6.08 Å². The normalized spacial score (nSPS) is 14.0. The van der Waals surface area contributed by atoms with Crippen LogP contribution in [0, 0.1) is 0 Å². The Morgan fingerprint density at radius 2 is 2.19 bits per heavy atom. The van der Waals surface area contributed by atoms with Crippen LogP contribution in [0.15, 0.2) is 47.3 Å². The van der Waals surface area contributed by atoms with Crippen molar-refractivity contribution >= 4 is 23.9 Å². The Bertz CT molecular complexity index is 723. The van der Waals surface area contributed by atoms with Crippen LogP contribution >= 0.6 is 0 Å². The molecule has 0 aliphatic carbocycles. The topological polar surface area (TPSA) is 92.7 Å². The van der Waals surface area contributed by atoms with Gasteiger partial charge in [-0.1, -0.05) is 51.5 Å². The van der Waals surface area contributed by atoms with Gasteiger partial charge in [0.2, 0.25) is 0 Å². The van der Waals surface area contributed by atoms with Crippen LogP contribution in [0.5, 0.6) is 0 Å². The van der Waals surface area contributed by atoms with E-state index in [4.69, 9.17) is 10.7 Å². The van der Waals surface area contributed by atoms with Crippen LogP contribution in [0.1, 0.15) is 57.7 Å². The number of nitrogens with one attached hydrogen (secondary N) is 1. The highest BCUT2D eigenvalue weighted by Gasteiger charge is 2.25. The molecule has 1 heterocycles. The van der Waals surface area contributed by atoms with Crippen LogP contribution in [0.3, 0.4) is 0 Å². The van der Waals surface area contributed by atoms with Crippen molar-refractivity contribution in [3.05, 3.63) is 48.6 Å². The van der Waals surface area contributed by atoms with E-state index in [-0.39, 0.29) is 11.6 Å². The second-order valence-electron chi connectivity index (χ2n) is 6.79. The van der Waals surface area contributed by atoms with E-state index in [1.807, 2.05) is 19.1 Å². The molecule has 0 amide bonds. The van der Waals surface area contributed by atoms with Crippen molar-refractivity contribution in [1.29, 1.82) is 0 Å². The maximum atomic E-state index is 11.2. The largest absolute Gasteiger partial charge is 0.386 e. The lowest BCUT2D eigenvalue weighted by atomic mass is 9.94. The van der Waals surface area contributed by atoms with Gasteiger partial charge in [-0.3, -0.25) is 19.8 Å². The van der Waals surface area contributed by atoms with E-state index in [0.29, 0.717) is 18.1 Å². The summed E-state index contributed by atoms with van der Waals surface area (Å²) >= 11 is 0. The van der Waals surface area contributed by atoms with Gasteiger partial charge in [0.25, 0.3) is 0 Å². The fourth-order valence-electron chi connectivity index (χ4n) is 2.64. The summed E-state index contributed by atoms with van der Waals surface area (Å²) in [6, 6.07) is 3.75. The summed E-state index contributed by atoms with van der Waals surface area (Å²) in [7, 11) is 0. The number of hydrogen-bond acceptors (Lipinski definition) is 5. The summed E-state index contributed by atoms with van der Waals surface area (Å²) in [4.78, 5) is 24.9.